The molecule has 10 nitrogen and oxygen atoms in total. The largest absolute Gasteiger partial charge is 0.494 e. The number of benzene rings is 1. The molecule has 4 rings (SSSR count). The minimum absolute atomic E-state index is 0.0405. The topological polar surface area (TPSA) is 131 Å². The Morgan fingerprint density at radius 1 is 1.00 bits per heavy atom. The van der Waals surface area contributed by atoms with Crippen LogP contribution in [0.2, 0.25) is 0 Å². The number of anilines is 3. The summed E-state index contributed by atoms with van der Waals surface area (Å²) in [6.45, 7) is 0. The molecule has 0 saturated carbocycles. The van der Waals surface area contributed by atoms with E-state index in [0.29, 0.717) is 28.4 Å². The van der Waals surface area contributed by atoms with Gasteiger partial charge in [0.1, 0.15) is 5.82 Å². The molecular weight excluding hydrogens is 449 g/mol. The van der Waals surface area contributed by atoms with Gasteiger partial charge in [0.15, 0.2) is 17.2 Å². The van der Waals surface area contributed by atoms with Crippen molar-refractivity contribution in [3.63, 3.8) is 0 Å². The van der Waals surface area contributed by atoms with Crippen molar-refractivity contribution >= 4 is 38.5 Å². The van der Waals surface area contributed by atoms with Crippen molar-refractivity contribution in [2.24, 2.45) is 0 Å². The van der Waals surface area contributed by atoms with Crippen molar-refractivity contribution < 1.29 is 17.5 Å². The number of rotatable bonds is 7. The number of pyridine rings is 2. The van der Waals surface area contributed by atoms with Crippen molar-refractivity contribution in [3.8, 4) is 16.9 Å². The zero-order valence-corrected chi connectivity index (χ0v) is 18.7. The third-order valence-corrected chi connectivity index (χ3v) is 6.08. The van der Waals surface area contributed by atoms with Crippen LogP contribution < -0.4 is 20.1 Å². The molecule has 33 heavy (non-hydrogen) atoms. The summed E-state index contributed by atoms with van der Waals surface area (Å²) >= 11 is 0. The lowest BCUT2D eigenvalue weighted by molar-refractivity contribution is 0.398. The van der Waals surface area contributed by atoms with Gasteiger partial charge < -0.3 is 15.4 Å². The van der Waals surface area contributed by atoms with Crippen LogP contribution in [0.5, 0.6) is 5.75 Å². The molecule has 0 unspecified atom stereocenters. The summed E-state index contributed by atoms with van der Waals surface area (Å²) in [5, 5.41) is 6.02. The van der Waals surface area contributed by atoms with Crippen LogP contribution in [0.15, 0.2) is 53.8 Å². The smallest absolute Gasteiger partial charge is 0.283 e. The number of nitrogens with one attached hydrogen (secondary N) is 3. The highest BCUT2D eigenvalue weighted by atomic mass is 32.2. The highest BCUT2D eigenvalue weighted by Gasteiger charge is 2.24. The zero-order chi connectivity index (χ0) is 23.6. The van der Waals surface area contributed by atoms with E-state index in [1.54, 1.807) is 26.4 Å². The summed E-state index contributed by atoms with van der Waals surface area (Å²) in [4.78, 5) is 16.8. The van der Waals surface area contributed by atoms with Gasteiger partial charge >= 0.3 is 0 Å². The van der Waals surface area contributed by atoms with Gasteiger partial charge in [0.05, 0.1) is 12.8 Å². The fourth-order valence-electron chi connectivity index (χ4n) is 3.22. The van der Waals surface area contributed by atoms with Crippen molar-refractivity contribution in [2.75, 3.05) is 36.6 Å². The van der Waals surface area contributed by atoms with E-state index in [1.807, 2.05) is 0 Å². The van der Waals surface area contributed by atoms with Gasteiger partial charge in [-0.3, -0.25) is 4.72 Å². The molecule has 1 aromatic carbocycles. The van der Waals surface area contributed by atoms with Gasteiger partial charge in [-0.15, -0.1) is 0 Å². The molecule has 0 aliphatic rings. The first-order valence-corrected chi connectivity index (χ1v) is 11.2. The van der Waals surface area contributed by atoms with Crippen LogP contribution in [0.1, 0.15) is 0 Å². The van der Waals surface area contributed by atoms with Crippen LogP contribution in [0.3, 0.4) is 0 Å². The molecule has 3 heterocycles. The minimum atomic E-state index is -4.22. The quantitative estimate of drug-likeness (QED) is 0.374. The predicted octanol–water partition coefficient (Wildman–Crippen LogP) is 3.12. The lowest BCUT2D eigenvalue weighted by Gasteiger charge is -2.15. The number of sulfonamides is 1. The maximum atomic E-state index is 15.5. The Morgan fingerprint density at radius 2 is 1.82 bits per heavy atom. The lowest BCUT2D eigenvalue weighted by Crippen LogP contribution is -2.16. The van der Waals surface area contributed by atoms with Gasteiger partial charge in [-0.25, -0.2) is 19.3 Å². The van der Waals surface area contributed by atoms with E-state index in [-0.39, 0.29) is 22.0 Å². The van der Waals surface area contributed by atoms with E-state index < -0.39 is 15.8 Å². The molecule has 3 N–H and O–H groups in total. The van der Waals surface area contributed by atoms with Gasteiger partial charge in [-0.1, -0.05) is 12.1 Å². The Labute approximate surface area is 189 Å². The average Bonchev–Trinajstić information content (AvgIpc) is 2.84. The molecule has 0 radical (unpaired) electrons. The first-order valence-electron chi connectivity index (χ1n) is 9.72. The second kappa shape index (κ2) is 8.82. The van der Waals surface area contributed by atoms with Crippen molar-refractivity contribution in [3.05, 3.63) is 54.6 Å². The molecule has 0 saturated heterocycles. The van der Waals surface area contributed by atoms with Gasteiger partial charge in [-0.05, 0) is 24.3 Å². The summed E-state index contributed by atoms with van der Waals surface area (Å²) in [5.41, 5.74) is 0.727. The van der Waals surface area contributed by atoms with Crippen LogP contribution in [-0.4, -0.2) is 49.6 Å². The average molecular weight is 470 g/mol. The summed E-state index contributed by atoms with van der Waals surface area (Å²) in [5.74, 6) is 0.0333. The van der Waals surface area contributed by atoms with E-state index >= 15 is 4.39 Å². The Kier molecular flexibility index (Phi) is 5.92. The highest BCUT2D eigenvalue weighted by Crippen LogP contribution is 2.35. The normalized spacial score (nSPS) is 11.3. The van der Waals surface area contributed by atoms with Crippen LogP contribution in [0, 0.1) is 5.82 Å². The fourth-order valence-corrected chi connectivity index (χ4v) is 4.38. The molecule has 0 amide bonds. The molecular formula is C21H20FN7O3S. The Hall–Kier alpha value is -4.06. The fraction of sp³-hybridized carbons (Fsp3) is 0.143. The number of aromatic nitrogens is 4. The molecule has 0 bridgehead atoms. The minimum Gasteiger partial charge on any atom is -0.494 e. The Bertz CT molecular complexity index is 1450. The molecule has 0 atom stereocenters. The SMILES string of the molecule is CNc1ncc2cc(-c3cccc(NS(=O)(=O)c4ncccc4OC)c3F)c(NC)nc2n1. The lowest BCUT2D eigenvalue weighted by atomic mass is 10.0. The maximum absolute atomic E-state index is 15.5. The van der Waals surface area contributed by atoms with Crippen LogP contribution in [-0.2, 0) is 10.0 Å². The molecule has 0 fully saturated rings. The number of methoxy groups -OCH3 is 1. The summed E-state index contributed by atoms with van der Waals surface area (Å²) in [6, 6.07) is 9.06. The first-order chi connectivity index (χ1) is 15.9. The zero-order valence-electron chi connectivity index (χ0n) is 17.9. The Balaban J connectivity index is 1.80. The number of ether oxygens (including phenoxy) is 1. The van der Waals surface area contributed by atoms with E-state index in [1.165, 1.54) is 43.6 Å². The first kappa shape index (κ1) is 22.1. The van der Waals surface area contributed by atoms with Gasteiger partial charge in [0.25, 0.3) is 10.0 Å². The monoisotopic (exact) mass is 469 g/mol. The second-order valence-electron chi connectivity index (χ2n) is 6.77. The van der Waals surface area contributed by atoms with Crippen molar-refractivity contribution in [1.29, 1.82) is 0 Å². The molecule has 12 heteroatoms. The standard InChI is InChI=1S/C21H20FN7O3S/c1-23-19-14(10-12-11-26-21(24-2)28-18(12)27-19)13-6-4-7-15(17(13)22)29-33(30,31)20-16(32-3)8-5-9-25-20/h4-11,29H,1-3H3,(H2,23,24,26,27,28). The number of nitrogens with zero attached hydrogens (tertiary/aromatic N) is 4. The van der Waals surface area contributed by atoms with Crippen LogP contribution in [0.4, 0.5) is 21.8 Å². The Morgan fingerprint density at radius 3 is 2.55 bits per heavy atom. The molecule has 0 aliphatic heterocycles. The van der Waals surface area contributed by atoms with Gasteiger partial charge in [-0.2, -0.15) is 13.4 Å². The van der Waals surface area contributed by atoms with Crippen LogP contribution in [0.25, 0.3) is 22.2 Å². The summed E-state index contributed by atoms with van der Waals surface area (Å²) in [6.07, 6.45) is 2.88. The van der Waals surface area contributed by atoms with Crippen LogP contribution >= 0.6 is 0 Å². The van der Waals surface area contributed by atoms with E-state index in [0.717, 1.165) is 0 Å². The van der Waals surface area contributed by atoms with E-state index in [4.69, 9.17) is 4.74 Å². The summed E-state index contributed by atoms with van der Waals surface area (Å²) < 4.78 is 48.6. The van der Waals surface area contributed by atoms with E-state index in [9.17, 15) is 8.42 Å². The summed E-state index contributed by atoms with van der Waals surface area (Å²) in [7, 11) is 0.446. The second-order valence-corrected chi connectivity index (χ2v) is 8.37. The molecule has 3 aromatic heterocycles. The predicted molar refractivity (Wildman–Crippen MR) is 123 cm³/mol. The van der Waals surface area contributed by atoms with E-state index in [2.05, 4.69) is 35.3 Å². The maximum Gasteiger partial charge on any atom is 0.283 e. The number of hydrogen-bond acceptors (Lipinski definition) is 9. The van der Waals surface area contributed by atoms with Crippen molar-refractivity contribution in [1.82, 2.24) is 19.9 Å². The third-order valence-electron chi connectivity index (χ3n) is 4.77. The molecule has 170 valence electrons. The van der Waals surface area contributed by atoms with Gasteiger partial charge in [0.2, 0.25) is 11.0 Å². The number of hydrogen-bond donors (Lipinski definition) is 3. The van der Waals surface area contributed by atoms with Crippen molar-refractivity contribution in [2.45, 2.75) is 5.03 Å². The van der Waals surface area contributed by atoms with Gasteiger partial charge in [0, 0.05) is 43.0 Å². The highest BCUT2D eigenvalue weighted by molar-refractivity contribution is 7.92. The molecule has 0 spiro atoms. The number of fused-ring (bicyclic) bond motifs is 1. The third kappa shape index (κ3) is 4.20. The number of halogens is 1. The molecule has 4 aromatic rings. The molecule has 0 aliphatic carbocycles.